The van der Waals surface area contributed by atoms with E-state index in [4.69, 9.17) is 4.98 Å². The number of hydrogen-bond acceptors (Lipinski definition) is 5. The summed E-state index contributed by atoms with van der Waals surface area (Å²) >= 11 is 2.95. The fourth-order valence-corrected chi connectivity index (χ4v) is 4.69. The van der Waals surface area contributed by atoms with E-state index in [0.29, 0.717) is 16.0 Å². The standard InChI is InChI=1S/C19H16N2O2S2/c1-3-11(2)21-17(14-9-6-10-24-14)20-18-15(19(21)23)16(22)12-7-4-5-8-13(12)25-18/h4-11H,3H2,1-2H3/t11-/m1/s1. The maximum Gasteiger partial charge on any atom is 0.266 e. The number of rotatable bonds is 3. The van der Waals surface area contributed by atoms with E-state index in [0.717, 1.165) is 16.0 Å². The van der Waals surface area contributed by atoms with Gasteiger partial charge in [-0.3, -0.25) is 14.2 Å². The topological polar surface area (TPSA) is 52.0 Å². The molecule has 4 rings (SSSR count). The van der Waals surface area contributed by atoms with Crippen molar-refractivity contribution in [3.8, 4) is 10.7 Å². The lowest BCUT2D eigenvalue weighted by Gasteiger charge is -2.17. The van der Waals surface area contributed by atoms with Crippen molar-refractivity contribution in [2.75, 3.05) is 0 Å². The second-order valence-electron chi connectivity index (χ2n) is 5.95. The van der Waals surface area contributed by atoms with E-state index in [1.54, 1.807) is 22.0 Å². The molecule has 0 saturated carbocycles. The molecule has 6 heteroatoms. The molecule has 4 aromatic rings. The second-order valence-corrected chi connectivity index (χ2v) is 7.93. The zero-order chi connectivity index (χ0) is 17.6. The van der Waals surface area contributed by atoms with Gasteiger partial charge < -0.3 is 0 Å². The second kappa shape index (κ2) is 6.20. The Bertz CT molecular complexity index is 1190. The summed E-state index contributed by atoms with van der Waals surface area (Å²) in [6, 6.07) is 11.3. The molecule has 3 aromatic heterocycles. The van der Waals surface area contributed by atoms with E-state index in [9.17, 15) is 9.59 Å². The van der Waals surface area contributed by atoms with Gasteiger partial charge in [-0.1, -0.05) is 25.1 Å². The SMILES string of the molecule is CC[C@@H](C)n1c(-c2cccs2)nc2sc3ccccc3c(=O)c2c1=O. The number of nitrogens with zero attached hydrogens (tertiary/aromatic N) is 2. The van der Waals surface area contributed by atoms with Gasteiger partial charge in [-0.05, 0) is 36.9 Å². The summed E-state index contributed by atoms with van der Waals surface area (Å²) in [7, 11) is 0. The number of hydrogen-bond donors (Lipinski definition) is 0. The van der Waals surface area contributed by atoms with Crippen molar-refractivity contribution < 1.29 is 0 Å². The third-order valence-corrected chi connectivity index (χ3v) is 6.35. The Morgan fingerprint density at radius 2 is 1.96 bits per heavy atom. The molecule has 1 atom stereocenters. The molecule has 0 unspecified atom stereocenters. The maximum absolute atomic E-state index is 13.2. The first-order chi connectivity index (χ1) is 12.1. The monoisotopic (exact) mass is 368 g/mol. The molecule has 1 aromatic carbocycles. The Morgan fingerprint density at radius 3 is 2.68 bits per heavy atom. The van der Waals surface area contributed by atoms with E-state index in [1.165, 1.54) is 11.3 Å². The van der Waals surface area contributed by atoms with Crippen molar-refractivity contribution in [3.05, 3.63) is 62.4 Å². The lowest BCUT2D eigenvalue weighted by atomic mass is 10.2. The van der Waals surface area contributed by atoms with Crippen molar-refractivity contribution in [2.24, 2.45) is 0 Å². The van der Waals surface area contributed by atoms with Crippen molar-refractivity contribution in [1.29, 1.82) is 0 Å². The van der Waals surface area contributed by atoms with E-state index in [2.05, 4.69) is 0 Å². The third kappa shape index (κ3) is 2.53. The van der Waals surface area contributed by atoms with Gasteiger partial charge in [-0.25, -0.2) is 4.98 Å². The minimum Gasteiger partial charge on any atom is -0.288 e. The van der Waals surface area contributed by atoms with Crippen molar-refractivity contribution in [1.82, 2.24) is 9.55 Å². The largest absolute Gasteiger partial charge is 0.288 e. The summed E-state index contributed by atoms with van der Waals surface area (Å²) < 4.78 is 2.53. The van der Waals surface area contributed by atoms with Crippen molar-refractivity contribution >= 4 is 43.0 Å². The van der Waals surface area contributed by atoms with E-state index >= 15 is 0 Å². The highest BCUT2D eigenvalue weighted by molar-refractivity contribution is 7.24. The maximum atomic E-state index is 13.2. The highest BCUT2D eigenvalue weighted by Gasteiger charge is 2.20. The fourth-order valence-electron chi connectivity index (χ4n) is 2.94. The molecule has 0 fully saturated rings. The zero-order valence-electron chi connectivity index (χ0n) is 13.9. The Balaban J connectivity index is 2.21. The van der Waals surface area contributed by atoms with Crippen LogP contribution in [0.2, 0.25) is 0 Å². The van der Waals surface area contributed by atoms with Gasteiger partial charge in [-0.2, -0.15) is 0 Å². The molecule has 126 valence electrons. The first-order valence-electron chi connectivity index (χ1n) is 8.13. The zero-order valence-corrected chi connectivity index (χ0v) is 15.5. The highest BCUT2D eigenvalue weighted by Crippen LogP contribution is 2.28. The van der Waals surface area contributed by atoms with Crippen LogP contribution in [0.1, 0.15) is 26.3 Å². The van der Waals surface area contributed by atoms with Gasteiger partial charge in [0.15, 0.2) is 5.82 Å². The van der Waals surface area contributed by atoms with Crippen LogP contribution in [0, 0.1) is 0 Å². The molecule has 0 saturated heterocycles. The normalized spacial score (nSPS) is 12.7. The number of aromatic nitrogens is 2. The Labute approximate surface area is 152 Å². The van der Waals surface area contributed by atoms with Crippen LogP contribution in [0.15, 0.2) is 51.4 Å². The van der Waals surface area contributed by atoms with Gasteiger partial charge in [0.05, 0.1) is 4.88 Å². The van der Waals surface area contributed by atoms with Gasteiger partial charge in [0, 0.05) is 16.1 Å². The quantitative estimate of drug-likeness (QED) is 0.494. The summed E-state index contributed by atoms with van der Waals surface area (Å²) in [5.41, 5.74) is -0.466. The van der Waals surface area contributed by atoms with Crippen LogP contribution in [0.3, 0.4) is 0 Å². The fraction of sp³-hybridized carbons (Fsp3) is 0.211. The van der Waals surface area contributed by atoms with Gasteiger partial charge >= 0.3 is 0 Å². The minimum atomic E-state index is -0.241. The first kappa shape index (κ1) is 16.2. The van der Waals surface area contributed by atoms with Crippen LogP contribution >= 0.6 is 22.7 Å². The number of benzene rings is 1. The third-order valence-electron chi connectivity index (χ3n) is 4.42. The summed E-state index contributed by atoms with van der Waals surface area (Å²) in [4.78, 5) is 32.4. The van der Waals surface area contributed by atoms with Crippen LogP contribution in [0.4, 0.5) is 0 Å². The van der Waals surface area contributed by atoms with Gasteiger partial charge in [0.25, 0.3) is 5.56 Å². The van der Waals surface area contributed by atoms with Crippen LogP contribution in [-0.4, -0.2) is 9.55 Å². The molecule has 3 heterocycles. The smallest absolute Gasteiger partial charge is 0.266 e. The van der Waals surface area contributed by atoms with Crippen molar-refractivity contribution in [2.45, 2.75) is 26.3 Å². The molecule has 0 aliphatic carbocycles. The average molecular weight is 368 g/mol. The van der Waals surface area contributed by atoms with E-state index in [-0.39, 0.29) is 22.4 Å². The number of fused-ring (bicyclic) bond motifs is 2. The molecular formula is C19H16N2O2S2. The molecule has 0 amide bonds. The number of thiophene rings is 1. The molecule has 4 nitrogen and oxygen atoms in total. The Kier molecular flexibility index (Phi) is 4.01. The predicted molar refractivity (Wildman–Crippen MR) is 106 cm³/mol. The van der Waals surface area contributed by atoms with E-state index < -0.39 is 0 Å². The van der Waals surface area contributed by atoms with Crippen LogP contribution in [0.5, 0.6) is 0 Å². The average Bonchev–Trinajstić information content (AvgIpc) is 3.15. The summed E-state index contributed by atoms with van der Waals surface area (Å²) in [6.45, 7) is 4.02. The van der Waals surface area contributed by atoms with Crippen molar-refractivity contribution in [3.63, 3.8) is 0 Å². The van der Waals surface area contributed by atoms with Gasteiger partial charge in [0.1, 0.15) is 10.2 Å². The molecule has 0 bridgehead atoms. The van der Waals surface area contributed by atoms with E-state index in [1.807, 2.05) is 49.6 Å². The van der Waals surface area contributed by atoms with Gasteiger partial charge in [0.2, 0.25) is 5.43 Å². The molecular weight excluding hydrogens is 352 g/mol. The Morgan fingerprint density at radius 1 is 1.16 bits per heavy atom. The first-order valence-corrected chi connectivity index (χ1v) is 9.83. The molecule has 0 aliphatic rings. The van der Waals surface area contributed by atoms with Crippen LogP contribution < -0.4 is 11.0 Å². The lowest BCUT2D eigenvalue weighted by Crippen LogP contribution is -2.29. The molecule has 25 heavy (non-hydrogen) atoms. The van der Waals surface area contributed by atoms with Gasteiger partial charge in [-0.15, -0.1) is 22.7 Å². The highest BCUT2D eigenvalue weighted by atomic mass is 32.1. The van der Waals surface area contributed by atoms with Crippen LogP contribution in [0.25, 0.3) is 31.0 Å². The summed E-state index contributed by atoms with van der Waals surface area (Å²) in [6.07, 6.45) is 0.788. The molecule has 0 aliphatic heterocycles. The minimum absolute atomic E-state index is 0.0302. The lowest BCUT2D eigenvalue weighted by molar-refractivity contribution is 0.517. The molecule has 0 spiro atoms. The predicted octanol–water partition coefficient (Wildman–Crippen LogP) is 4.67. The van der Waals surface area contributed by atoms with Crippen LogP contribution in [-0.2, 0) is 0 Å². The Hall–Kier alpha value is -2.31. The summed E-state index contributed by atoms with van der Waals surface area (Å²) in [5.74, 6) is 0.646. The molecule has 0 radical (unpaired) electrons. The summed E-state index contributed by atoms with van der Waals surface area (Å²) in [5, 5.41) is 2.75. The molecule has 0 N–H and O–H groups in total.